The van der Waals surface area contributed by atoms with E-state index in [1.54, 1.807) is 0 Å². The van der Waals surface area contributed by atoms with E-state index in [2.05, 4.69) is 27.7 Å². The number of aliphatic hydroxyl groups excluding tert-OH is 1. The SMILES string of the molecule is CCOC(=O)CC[C@H]1C(=C(C)C)CC[C@H](C)[C@@]1(C)CCO. The van der Waals surface area contributed by atoms with E-state index in [0.29, 0.717) is 24.9 Å². The Labute approximate surface area is 129 Å². The molecule has 1 saturated carbocycles. The van der Waals surface area contributed by atoms with Gasteiger partial charge in [0.2, 0.25) is 0 Å². The lowest BCUT2D eigenvalue weighted by Crippen LogP contribution is -2.40. The van der Waals surface area contributed by atoms with Crippen molar-refractivity contribution in [2.24, 2.45) is 17.3 Å². The molecule has 0 unspecified atom stereocenters. The molecule has 0 aromatic heterocycles. The summed E-state index contributed by atoms with van der Waals surface area (Å²) < 4.78 is 5.08. The van der Waals surface area contributed by atoms with Crippen LogP contribution in [0.5, 0.6) is 0 Å². The van der Waals surface area contributed by atoms with Crippen LogP contribution in [-0.4, -0.2) is 24.3 Å². The molecule has 0 radical (unpaired) electrons. The van der Waals surface area contributed by atoms with Gasteiger partial charge in [-0.2, -0.15) is 0 Å². The number of esters is 1. The fraction of sp³-hybridized carbons (Fsp3) is 0.833. The second kappa shape index (κ2) is 7.98. The summed E-state index contributed by atoms with van der Waals surface area (Å²) in [6, 6.07) is 0. The van der Waals surface area contributed by atoms with Crippen molar-refractivity contribution >= 4 is 5.97 Å². The number of aliphatic hydroxyl groups is 1. The van der Waals surface area contributed by atoms with Gasteiger partial charge in [0.25, 0.3) is 0 Å². The van der Waals surface area contributed by atoms with Crippen molar-refractivity contribution < 1.29 is 14.6 Å². The molecule has 0 amide bonds. The fourth-order valence-corrected chi connectivity index (χ4v) is 3.88. The molecule has 0 saturated heterocycles. The van der Waals surface area contributed by atoms with Crippen molar-refractivity contribution in [2.75, 3.05) is 13.2 Å². The minimum absolute atomic E-state index is 0.0755. The molecule has 3 atom stereocenters. The van der Waals surface area contributed by atoms with Gasteiger partial charge in [-0.25, -0.2) is 0 Å². The second-order valence-corrected chi connectivity index (χ2v) is 6.84. The quantitative estimate of drug-likeness (QED) is 0.593. The number of hydrogen-bond donors (Lipinski definition) is 1. The maximum Gasteiger partial charge on any atom is 0.305 e. The van der Waals surface area contributed by atoms with E-state index in [1.807, 2.05) is 6.92 Å². The second-order valence-electron chi connectivity index (χ2n) is 6.84. The van der Waals surface area contributed by atoms with Crippen LogP contribution in [0.15, 0.2) is 11.1 Å². The molecule has 0 aromatic carbocycles. The molecule has 0 spiro atoms. The van der Waals surface area contributed by atoms with Crippen LogP contribution in [0, 0.1) is 17.3 Å². The smallest absolute Gasteiger partial charge is 0.305 e. The summed E-state index contributed by atoms with van der Waals surface area (Å²) in [5.74, 6) is 0.845. The first-order valence-electron chi connectivity index (χ1n) is 8.29. The predicted octanol–water partition coefficient (Wildman–Crippen LogP) is 4.10. The summed E-state index contributed by atoms with van der Waals surface area (Å²) in [6.07, 6.45) is 4.41. The van der Waals surface area contributed by atoms with Gasteiger partial charge in [-0.1, -0.05) is 25.0 Å². The van der Waals surface area contributed by atoms with Crippen LogP contribution in [0.3, 0.4) is 0 Å². The van der Waals surface area contributed by atoms with Gasteiger partial charge in [-0.05, 0) is 63.7 Å². The lowest BCUT2D eigenvalue weighted by atomic mass is 9.57. The Morgan fingerprint density at radius 3 is 2.62 bits per heavy atom. The zero-order valence-corrected chi connectivity index (χ0v) is 14.4. The number of hydrogen-bond acceptors (Lipinski definition) is 3. The van der Waals surface area contributed by atoms with Crippen molar-refractivity contribution in [1.82, 2.24) is 0 Å². The lowest BCUT2D eigenvalue weighted by molar-refractivity contribution is -0.143. The van der Waals surface area contributed by atoms with Gasteiger partial charge in [-0.15, -0.1) is 0 Å². The Morgan fingerprint density at radius 2 is 2.10 bits per heavy atom. The van der Waals surface area contributed by atoms with Gasteiger partial charge >= 0.3 is 5.97 Å². The van der Waals surface area contributed by atoms with E-state index in [4.69, 9.17) is 4.74 Å². The van der Waals surface area contributed by atoms with E-state index < -0.39 is 0 Å². The first-order chi connectivity index (χ1) is 9.86. The minimum Gasteiger partial charge on any atom is -0.466 e. The molecule has 1 N–H and O–H groups in total. The van der Waals surface area contributed by atoms with E-state index >= 15 is 0 Å². The van der Waals surface area contributed by atoms with Gasteiger partial charge in [0, 0.05) is 13.0 Å². The zero-order valence-electron chi connectivity index (χ0n) is 14.4. The van der Waals surface area contributed by atoms with E-state index in [1.165, 1.54) is 17.6 Å². The number of carbonyl (C=O) groups is 1. The van der Waals surface area contributed by atoms with Crippen LogP contribution < -0.4 is 0 Å². The summed E-state index contributed by atoms with van der Waals surface area (Å²) in [4.78, 5) is 11.7. The van der Waals surface area contributed by atoms with Crippen LogP contribution in [0.1, 0.15) is 66.7 Å². The Bertz CT molecular complexity index is 382. The van der Waals surface area contributed by atoms with Gasteiger partial charge in [0.05, 0.1) is 6.61 Å². The van der Waals surface area contributed by atoms with Crippen LogP contribution in [0.4, 0.5) is 0 Å². The van der Waals surface area contributed by atoms with E-state index in [9.17, 15) is 9.90 Å². The highest BCUT2D eigenvalue weighted by molar-refractivity contribution is 5.69. The standard InChI is InChI=1S/C18H32O3/c1-6-21-17(20)10-9-16-15(13(2)3)8-7-14(4)18(16,5)11-12-19/h14,16,19H,6-12H2,1-5H3/t14-,16-,18+/m0/s1. The molecule has 0 aromatic rings. The zero-order chi connectivity index (χ0) is 16.0. The van der Waals surface area contributed by atoms with Gasteiger partial charge < -0.3 is 9.84 Å². The Kier molecular flexibility index (Phi) is 6.92. The average Bonchev–Trinajstić information content (AvgIpc) is 2.40. The fourth-order valence-electron chi connectivity index (χ4n) is 3.88. The summed E-state index contributed by atoms with van der Waals surface area (Å²) in [6.45, 7) is 11.4. The summed E-state index contributed by atoms with van der Waals surface area (Å²) in [5, 5.41) is 9.50. The molecule has 1 rings (SSSR count). The highest BCUT2D eigenvalue weighted by Crippen LogP contribution is 2.52. The third kappa shape index (κ3) is 4.32. The third-order valence-corrected chi connectivity index (χ3v) is 5.42. The van der Waals surface area contributed by atoms with E-state index in [0.717, 1.165) is 19.3 Å². The predicted molar refractivity (Wildman–Crippen MR) is 85.9 cm³/mol. The normalized spacial score (nSPS) is 29.3. The van der Waals surface area contributed by atoms with Crippen molar-refractivity contribution in [3.8, 4) is 0 Å². The maximum atomic E-state index is 11.7. The molecule has 3 heteroatoms. The highest BCUT2D eigenvalue weighted by atomic mass is 16.5. The minimum atomic E-state index is -0.102. The van der Waals surface area contributed by atoms with E-state index in [-0.39, 0.29) is 18.0 Å². The van der Waals surface area contributed by atoms with Crippen LogP contribution in [-0.2, 0) is 9.53 Å². The number of rotatable bonds is 6. The molecule has 0 bridgehead atoms. The molecule has 3 nitrogen and oxygen atoms in total. The van der Waals surface area contributed by atoms with Crippen molar-refractivity contribution in [3.05, 3.63) is 11.1 Å². The monoisotopic (exact) mass is 296 g/mol. The molecular formula is C18H32O3. The average molecular weight is 296 g/mol. The summed E-state index contributed by atoms with van der Waals surface area (Å²) >= 11 is 0. The van der Waals surface area contributed by atoms with Crippen LogP contribution in [0.2, 0.25) is 0 Å². The first kappa shape index (κ1) is 18.2. The van der Waals surface area contributed by atoms with Crippen molar-refractivity contribution in [3.63, 3.8) is 0 Å². The molecule has 122 valence electrons. The number of allylic oxidation sites excluding steroid dienone is 2. The van der Waals surface area contributed by atoms with Crippen LogP contribution >= 0.6 is 0 Å². The molecule has 1 fully saturated rings. The molecule has 21 heavy (non-hydrogen) atoms. The topological polar surface area (TPSA) is 46.5 Å². The summed E-state index contributed by atoms with van der Waals surface area (Å²) in [5.41, 5.74) is 2.94. The van der Waals surface area contributed by atoms with Crippen LogP contribution in [0.25, 0.3) is 0 Å². The first-order valence-corrected chi connectivity index (χ1v) is 8.29. The van der Waals surface area contributed by atoms with Crippen molar-refractivity contribution in [2.45, 2.75) is 66.7 Å². The Balaban J connectivity index is 2.96. The lowest BCUT2D eigenvalue weighted by Gasteiger charge is -2.48. The Morgan fingerprint density at radius 1 is 1.43 bits per heavy atom. The highest BCUT2D eigenvalue weighted by Gasteiger charge is 2.43. The molecule has 1 aliphatic carbocycles. The van der Waals surface area contributed by atoms with Gasteiger partial charge in [0.1, 0.15) is 0 Å². The third-order valence-electron chi connectivity index (χ3n) is 5.42. The molecular weight excluding hydrogens is 264 g/mol. The maximum absolute atomic E-state index is 11.7. The Hall–Kier alpha value is -0.830. The summed E-state index contributed by atoms with van der Waals surface area (Å²) in [7, 11) is 0. The number of carbonyl (C=O) groups excluding carboxylic acids is 1. The van der Waals surface area contributed by atoms with Gasteiger partial charge in [-0.3, -0.25) is 4.79 Å². The molecule has 0 aliphatic heterocycles. The molecule has 1 aliphatic rings. The van der Waals surface area contributed by atoms with Gasteiger partial charge in [0.15, 0.2) is 0 Å². The van der Waals surface area contributed by atoms with Crippen molar-refractivity contribution in [1.29, 1.82) is 0 Å². The molecule has 0 heterocycles. The largest absolute Gasteiger partial charge is 0.466 e. The number of ether oxygens (including phenoxy) is 1.